The van der Waals surface area contributed by atoms with Gasteiger partial charge in [0, 0.05) is 13.1 Å². The molecule has 1 amide bonds. The molecule has 0 bridgehead atoms. The van der Waals surface area contributed by atoms with Crippen molar-refractivity contribution in [3.05, 3.63) is 40.6 Å². The van der Waals surface area contributed by atoms with Gasteiger partial charge in [-0.05, 0) is 45.0 Å². The van der Waals surface area contributed by atoms with Gasteiger partial charge in [-0.15, -0.1) is 5.10 Å². The van der Waals surface area contributed by atoms with Crippen LogP contribution in [-0.4, -0.2) is 51.6 Å². The number of hydrogen-bond donors (Lipinski definition) is 1. The fourth-order valence-electron chi connectivity index (χ4n) is 2.55. The second-order valence-electron chi connectivity index (χ2n) is 7.01. The molecule has 134 valence electrons. The monoisotopic (exact) mass is 346 g/mol. The maximum atomic E-state index is 12.2. The number of amides is 1. The van der Waals surface area contributed by atoms with Crippen molar-refractivity contribution in [2.24, 2.45) is 0 Å². The topological polar surface area (TPSA) is 89.4 Å². The van der Waals surface area contributed by atoms with Crippen molar-refractivity contribution in [1.29, 1.82) is 0 Å². The van der Waals surface area contributed by atoms with Gasteiger partial charge in [0.15, 0.2) is 0 Å². The molecule has 0 saturated carbocycles. The lowest BCUT2D eigenvalue weighted by atomic mass is 10.0. The first kappa shape index (κ1) is 17.1. The number of nitrogens with zero attached hydrogens (tertiary/aromatic N) is 3. The average molecular weight is 346 g/mol. The molecule has 0 spiro atoms. The van der Waals surface area contributed by atoms with E-state index < -0.39 is 5.60 Å². The molecule has 0 aliphatic carbocycles. The van der Waals surface area contributed by atoms with E-state index in [9.17, 15) is 9.59 Å². The number of H-pyrrole nitrogens is 1. The molecule has 2 heterocycles. The van der Waals surface area contributed by atoms with Crippen LogP contribution in [0.5, 0.6) is 5.75 Å². The summed E-state index contributed by atoms with van der Waals surface area (Å²) in [5.41, 5.74) is -0.181. The lowest BCUT2D eigenvalue weighted by Gasteiger charge is -2.38. The van der Waals surface area contributed by atoms with E-state index in [4.69, 9.17) is 9.47 Å². The van der Waals surface area contributed by atoms with Crippen molar-refractivity contribution in [2.45, 2.75) is 32.3 Å². The number of aromatic amines is 1. The number of nitrogens with one attached hydrogen (secondary N) is 1. The van der Waals surface area contributed by atoms with Crippen LogP contribution in [0.1, 0.15) is 32.5 Å². The van der Waals surface area contributed by atoms with E-state index in [1.54, 1.807) is 36.3 Å². The average Bonchev–Trinajstić information content (AvgIpc) is 2.85. The Hall–Kier alpha value is -2.77. The molecule has 1 aliphatic heterocycles. The fraction of sp³-hybridized carbons (Fsp3) is 0.471. The molecule has 3 rings (SSSR count). The van der Waals surface area contributed by atoms with Gasteiger partial charge in [0.05, 0.1) is 18.7 Å². The molecule has 1 saturated heterocycles. The number of likely N-dealkylation sites (tertiary alicyclic amines) is 1. The normalized spacial score (nSPS) is 15.0. The predicted octanol–water partition coefficient (Wildman–Crippen LogP) is 1.90. The Labute approximate surface area is 145 Å². The number of rotatable bonds is 3. The van der Waals surface area contributed by atoms with E-state index in [-0.39, 0.29) is 17.7 Å². The Morgan fingerprint density at radius 3 is 2.44 bits per heavy atom. The molecule has 8 heteroatoms. The Bertz CT molecular complexity index is 810. The maximum absolute atomic E-state index is 12.2. The van der Waals surface area contributed by atoms with Gasteiger partial charge >= 0.3 is 11.8 Å². The summed E-state index contributed by atoms with van der Waals surface area (Å²) in [6.07, 6.45) is -0.347. The van der Waals surface area contributed by atoms with Crippen LogP contribution in [0.15, 0.2) is 29.1 Å². The summed E-state index contributed by atoms with van der Waals surface area (Å²) in [4.78, 5) is 28.5. The van der Waals surface area contributed by atoms with Crippen molar-refractivity contribution in [1.82, 2.24) is 19.7 Å². The summed E-state index contributed by atoms with van der Waals surface area (Å²) < 4.78 is 11.7. The molecule has 2 aromatic rings. The SMILES string of the molecule is COc1ccc(-n2nc(C3CN(C(=O)OC(C)(C)C)C3)[nH]c2=O)cc1. The van der Waals surface area contributed by atoms with Crippen molar-refractivity contribution in [3.8, 4) is 11.4 Å². The molecule has 0 radical (unpaired) electrons. The van der Waals surface area contributed by atoms with E-state index in [2.05, 4.69) is 10.1 Å². The highest BCUT2D eigenvalue weighted by Gasteiger charge is 2.36. The highest BCUT2D eigenvalue weighted by molar-refractivity contribution is 5.69. The molecule has 1 aromatic carbocycles. The summed E-state index contributed by atoms with van der Waals surface area (Å²) >= 11 is 0. The Kier molecular flexibility index (Phi) is 4.28. The van der Waals surface area contributed by atoms with Crippen LogP contribution in [0.2, 0.25) is 0 Å². The minimum absolute atomic E-state index is 0.000262. The first-order chi connectivity index (χ1) is 11.8. The number of ether oxygens (including phenoxy) is 2. The molecule has 25 heavy (non-hydrogen) atoms. The smallest absolute Gasteiger partial charge is 0.410 e. The molecule has 0 atom stereocenters. The van der Waals surface area contributed by atoms with Gasteiger partial charge in [0.25, 0.3) is 0 Å². The summed E-state index contributed by atoms with van der Waals surface area (Å²) in [6.45, 7) is 6.44. The zero-order valence-corrected chi connectivity index (χ0v) is 14.8. The molecule has 1 fully saturated rings. The number of methoxy groups -OCH3 is 1. The molecule has 1 N–H and O–H groups in total. The van der Waals surface area contributed by atoms with Gasteiger partial charge in [0.2, 0.25) is 0 Å². The number of carbonyl (C=O) groups excluding carboxylic acids is 1. The van der Waals surface area contributed by atoms with Crippen molar-refractivity contribution in [2.75, 3.05) is 20.2 Å². The van der Waals surface area contributed by atoms with Crippen LogP contribution in [0.3, 0.4) is 0 Å². The molecule has 8 nitrogen and oxygen atoms in total. The van der Waals surface area contributed by atoms with Crippen LogP contribution >= 0.6 is 0 Å². The van der Waals surface area contributed by atoms with Gasteiger partial charge in [-0.2, -0.15) is 4.68 Å². The summed E-state index contributed by atoms with van der Waals surface area (Å²) in [6, 6.07) is 7.06. The lowest BCUT2D eigenvalue weighted by Crippen LogP contribution is -2.50. The van der Waals surface area contributed by atoms with Crippen molar-refractivity contribution >= 4 is 6.09 Å². The van der Waals surface area contributed by atoms with Crippen LogP contribution in [0, 0.1) is 0 Å². The van der Waals surface area contributed by atoms with Crippen molar-refractivity contribution < 1.29 is 14.3 Å². The fourth-order valence-corrected chi connectivity index (χ4v) is 2.55. The summed E-state index contributed by atoms with van der Waals surface area (Å²) in [5, 5.41) is 4.35. The van der Waals surface area contributed by atoms with E-state index in [0.29, 0.717) is 30.4 Å². The van der Waals surface area contributed by atoms with Crippen LogP contribution in [0.4, 0.5) is 4.79 Å². The van der Waals surface area contributed by atoms with E-state index in [0.717, 1.165) is 0 Å². The van der Waals surface area contributed by atoms with Gasteiger partial charge < -0.3 is 14.4 Å². The molecular formula is C17H22N4O4. The number of carbonyl (C=O) groups is 1. The summed E-state index contributed by atoms with van der Waals surface area (Å²) in [7, 11) is 1.58. The zero-order valence-electron chi connectivity index (χ0n) is 14.8. The number of aromatic nitrogens is 3. The highest BCUT2D eigenvalue weighted by Crippen LogP contribution is 2.26. The standard InChI is InChI=1S/C17H22N4O4/c1-17(2,3)25-16(23)20-9-11(10-20)14-18-15(22)21(19-14)12-5-7-13(24-4)8-6-12/h5-8,11H,9-10H2,1-4H3,(H,18,19,22). The highest BCUT2D eigenvalue weighted by atomic mass is 16.6. The van der Waals surface area contributed by atoms with Crippen LogP contribution in [0.25, 0.3) is 5.69 Å². The first-order valence-corrected chi connectivity index (χ1v) is 8.08. The maximum Gasteiger partial charge on any atom is 0.410 e. The third-order valence-electron chi connectivity index (χ3n) is 3.87. The van der Waals surface area contributed by atoms with Gasteiger partial charge in [-0.1, -0.05) is 0 Å². The lowest BCUT2D eigenvalue weighted by molar-refractivity contribution is 0.00752. The predicted molar refractivity (Wildman–Crippen MR) is 91.3 cm³/mol. The number of benzene rings is 1. The Balaban J connectivity index is 1.68. The van der Waals surface area contributed by atoms with E-state index >= 15 is 0 Å². The van der Waals surface area contributed by atoms with Crippen molar-refractivity contribution in [3.63, 3.8) is 0 Å². The second kappa shape index (κ2) is 6.27. The third-order valence-corrected chi connectivity index (χ3v) is 3.87. The molecular weight excluding hydrogens is 324 g/mol. The number of hydrogen-bond acceptors (Lipinski definition) is 5. The van der Waals surface area contributed by atoms with Gasteiger partial charge in [-0.3, -0.25) is 4.98 Å². The minimum atomic E-state index is -0.521. The summed E-state index contributed by atoms with van der Waals surface area (Å²) in [5.74, 6) is 1.28. The largest absolute Gasteiger partial charge is 0.497 e. The Morgan fingerprint density at radius 1 is 1.24 bits per heavy atom. The molecule has 1 aromatic heterocycles. The zero-order chi connectivity index (χ0) is 18.2. The van der Waals surface area contributed by atoms with E-state index in [1.165, 1.54) is 4.68 Å². The van der Waals surface area contributed by atoms with Crippen LogP contribution in [-0.2, 0) is 4.74 Å². The second-order valence-corrected chi connectivity index (χ2v) is 7.01. The Morgan fingerprint density at radius 2 is 1.88 bits per heavy atom. The van der Waals surface area contributed by atoms with E-state index in [1.807, 2.05) is 20.8 Å². The quantitative estimate of drug-likeness (QED) is 0.917. The van der Waals surface area contributed by atoms with Crippen LogP contribution < -0.4 is 10.4 Å². The molecule has 0 unspecified atom stereocenters. The van der Waals surface area contributed by atoms with Gasteiger partial charge in [-0.25, -0.2) is 9.59 Å². The third kappa shape index (κ3) is 3.67. The minimum Gasteiger partial charge on any atom is -0.497 e. The van der Waals surface area contributed by atoms with Gasteiger partial charge in [0.1, 0.15) is 17.2 Å². The first-order valence-electron chi connectivity index (χ1n) is 8.08. The molecule has 1 aliphatic rings.